The van der Waals surface area contributed by atoms with E-state index in [2.05, 4.69) is 197 Å². The van der Waals surface area contributed by atoms with Crippen LogP contribution in [0, 0.1) is 0 Å². The Morgan fingerprint density at radius 3 is 0.882 bits per heavy atom. The normalized spacial score (nSPS) is 11.9. The zero-order chi connectivity index (χ0) is 33.8. The molecule has 0 spiro atoms. The number of fused-ring (bicyclic) bond motifs is 6. The SMILES string of the molecule is c1cc[c]([Ge]([c]2ccccc2)([c]2ccccc2)[c]2nc(-n3c4ccccc4c4ccccc43)nc(-n3c4ccccc4c4ccccc43)n2)cc1. The molecule has 0 bridgehead atoms. The monoisotopic (exact) mass is 715 g/mol. The van der Waals surface area contributed by atoms with Crippen LogP contribution in [0.25, 0.3) is 55.5 Å². The van der Waals surface area contributed by atoms with E-state index in [0.29, 0.717) is 11.9 Å². The number of aromatic nitrogens is 5. The minimum atomic E-state index is -3.94. The van der Waals surface area contributed by atoms with E-state index in [1.54, 1.807) is 0 Å². The first kappa shape index (κ1) is 29.6. The second-order valence-electron chi connectivity index (χ2n) is 12.8. The van der Waals surface area contributed by atoms with E-state index >= 15 is 0 Å². The third kappa shape index (κ3) is 4.52. The summed E-state index contributed by atoms with van der Waals surface area (Å²) in [6.45, 7) is 0. The van der Waals surface area contributed by atoms with Gasteiger partial charge in [-0.2, -0.15) is 0 Å². The van der Waals surface area contributed by atoms with Crippen LogP contribution in [0.15, 0.2) is 188 Å². The van der Waals surface area contributed by atoms with Gasteiger partial charge in [-0.15, -0.1) is 0 Å². The molecular weight excluding hydrogens is 683 g/mol. The summed E-state index contributed by atoms with van der Waals surface area (Å²) < 4.78 is 9.03. The van der Waals surface area contributed by atoms with E-state index in [9.17, 15) is 0 Å². The molecule has 0 amide bonds. The summed E-state index contributed by atoms with van der Waals surface area (Å²) >= 11 is -3.94. The molecule has 0 saturated carbocycles. The number of rotatable bonds is 6. The van der Waals surface area contributed by atoms with Gasteiger partial charge in [0.1, 0.15) is 0 Å². The summed E-state index contributed by atoms with van der Waals surface area (Å²) in [5.74, 6) is 1.21. The number of nitrogens with zero attached hydrogens (tertiary/aromatic N) is 5. The topological polar surface area (TPSA) is 48.5 Å². The Labute approximate surface area is 297 Å². The van der Waals surface area contributed by atoms with Crippen molar-refractivity contribution < 1.29 is 0 Å². The van der Waals surface area contributed by atoms with Crippen molar-refractivity contribution in [3.05, 3.63) is 188 Å². The van der Waals surface area contributed by atoms with Crippen LogP contribution in [0.1, 0.15) is 0 Å². The molecule has 10 rings (SSSR count). The fraction of sp³-hybridized carbons (Fsp3) is 0. The molecule has 0 saturated heterocycles. The molecule has 3 heterocycles. The van der Waals surface area contributed by atoms with Crippen LogP contribution in [-0.2, 0) is 0 Å². The maximum atomic E-state index is 5.66. The van der Waals surface area contributed by atoms with Gasteiger partial charge in [-0.3, -0.25) is 0 Å². The van der Waals surface area contributed by atoms with Crippen molar-refractivity contribution in [3.8, 4) is 11.9 Å². The Morgan fingerprint density at radius 2 is 0.569 bits per heavy atom. The standard InChI is InChI=1S/C45H31GeN5/c1-4-18-32(19-5-1)46(33-20-6-2-7-21-33,34-22-8-3-9-23-34)43-47-44(50-39-28-14-10-24-35(39)36-25-11-15-29-40(36)50)49-45(48-43)51-41-30-16-12-26-37(41)38-27-13-17-31-42(38)51/h1-31H. The van der Waals surface area contributed by atoms with Crippen LogP contribution in [0.5, 0.6) is 0 Å². The second kappa shape index (κ2) is 11.9. The van der Waals surface area contributed by atoms with Gasteiger partial charge in [-0.25, -0.2) is 0 Å². The van der Waals surface area contributed by atoms with Gasteiger partial charge in [-0.1, -0.05) is 0 Å². The van der Waals surface area contributed by atoms with Crippen molar-refractivity contribution in [3.63, 3.8) is 0 Å². The molecule has 0 N–H and O–H groups in total. The van der Waals surface area contributed by atoms with Crippen molar-refractivity contribution in [2.24, 2.45) is 0 Å². The van der Waals surface area contributed by atoms with Crippen molar-refractivity contribution in [1.82, 2.24) is 24.1 Å². The van der Waals surface area contributed by atoms with Gasteiger partial charge in [-0.05, 0) is 0 Å². The first-order valence-electron chi connectivity index (χ1n) is 17.2. The Kier molecular flexibility index (Phi) is 6.92. The quantitative estimate of drug-likeness (QED) is 0.168. The molecule has 0 aliphatic heterocycles. The zero-order valence-electron chi connectivity index (χ0n) is 27.6. The van der Waals surface area contributed by atoms with Crippen molar-refractivity contribution in [1.29, 1.82) is 0 Å². The fourth-order valence-electron chi connectivity index (χ4n) is 7.95. The second-order valence-corrected chi connectivity index (χ2v) is 20.6. The molecule has 240 valence electrons. The van der Waals surface area contributed by atoms with Crippen LogP contribution in [0.3, 0.4) is 0 Å². The molecule has 3 aromatic heterocycles. The first-order valence-corrected chi connectivity index (χ1v) is 21.4. The zero-order valence-corrected chi connectivity index (χ0v) is 29.7. The first-order chi connectivity index (χ1) is 25.3. The average Bonchev–Trinajstić information content (AvgIpc) is 3.73. The van der Waals surface area contributed by atoms with E-state index in [1.807, 2.05) is 0 Å². The summed E-state index contributed by atoms with van der Waals surface area (Å²) in [5, 5.41) is 4.65. The predicted octanol–water partition coefficient (Wildman–Crippen LogP) is 7.44. The molecule has 0 radical (unpaired) electrons. The van der Waals surface area contributed by atoms with Crippen molar-refractivity contribution >= 4 is 74.7 Å². The van der Waals surface area contributed by atoms with Gasteiger partial charge in [0, 0.05) is 0 Å². The molecule has 0 atom stereocenters. The molecule has 51 heavy (non-hydrogen) atoms. The Balaban J connectivity index is 1.41. The molecule has 10 aromatic rings. The molecule has 0 aliphatic rings. The summed E-state index contributed by atoms with van der Waals surface area (Å²) in [6.07, 6.45) is 0. The van der Waals surface area contributed by atoms with Crippen LogP contribution in [0.2, 0.25) is 0 Å². The number of benzene rings is 7. The summed E-state index contributed by atoms with van der Waals surface area (Å²) in [5.41, 5.74) is 4.23. The minimum absolute atomic E-state index is 0.604. The van der Waals surface area contributed by atoms with E-state index < -0.39 is 13.3 Å². The van der Waals surface area contributed by atoms with Crippen LogP contribution in [-0.4, -0.2) is 37.4 Å². The number of hydrogen-bond acceptors (Lipinski definition) is 3. The van der Waals surface area contributed by atoms with Crippen molar-refractivity contribution in [2.45, 2.75) is 0 Å². The summed E-state index contributed by atoms with van der Waals surface area (Å²) in [4.78, 5) is 16.8. The van der Waals surface area contributed by atoms with E-state index in [0.717, 1.165) is 48.3 Å². The van der Waals surface area contributed by atoms with E-state index in [-0.39, 0.29) is 0 Å². The Morgan fingerprint density at radius 1 is 0.294 bits per heavy atom. The predicted molar refractivity (Wildman–Crippen MR) is 212 cm³/mol. The molecular formula is C45H31GeN5. The van der Waals surface area contributed by atoms with Gasteiger partial charge in [0.05, 0.1) is 0 Å². The van der Waals surface area contributed by atoms with Crippen LogP contribution < -0.4 is 17.8 Å². The van der Waals surface area contributed by atoms with Crippen LogP contribution in [0.4, 0.5) is 0 Å². The van der Waals surface area contributed by atoms with Gasteiger partial charge in [0.2, 0.25) is 0 Å². The third-order valence-corrected chi connectivity index (χ3v) is 19.6. The van der Waals surface area contributed by atoms with E-state index in [1.165, 1.54) is 13.2 Å². The Hall–Kier alpha value is -6.31. The molecule has 0 unspecified atom stereocenters. The molecule has 7 aromatic carbocycles. The molecule has 0 fully saturated rings. The molecule has 5 nitrogen and oxygen atoms in total. The summed E-state index contributed by atoms with van der Waals surface area (Å²) in [7, 11) is 0. The average molecular weight is 714 g/mol. The van der Waals surface area contributed by atoms with E-state index in [4.69, 9.17) is 15.0 Å². The summed E-state index contributed by atoms with van der Waals surface area (Å²) in [6, 6.07) is 66.9. The van der Waals surface area contributed by atoms with Gasteiger partial charge in [0.15, 0.2) is 0 Å². The van der Waals surface area contributed by atoms with Gasteiger partial charge >= 0.3 is 299 Å². The number of hydrogen-bond donors (Lipinski definition) is 0. The van der Waals surface area contributed by atoms with Crippen molar-refractivity contribution in [2.75, 3.05) is 0 Å². The fourth-order valence-corrected chi connectivity index (χ4v) is 17.2. The number of para-hydroxylation sites is 4. The molecule has 6 heteroatoms. The molecule has 0 aliphatic carbocycles. The van der Waals surface area contributed by atoms with Crippen LogP contribution >= 0.6 is 0 Å². The third-order valence-electron chi connectivity index (χ3n) is 10.1. The maximum absolute atomic E-state index is 5.66. The van der Waals surface area contributed by atoms with Gasteiger partial charge in [0.25, 0.3) is 0 Å². The Bertz CT molecular complexity index is 2530. The van der Waals surface area contributed by atoms with Gasteiger partial charge < -0.3 is 0 Å².